The summed E-state index contributed by atoms with van der Waals surface area (Å²) in [5.74, 6) is 0.464. The number of sulfonamides is 1. The summed E-state index contributed by atoms with van der Waals surface area (Å²) in [6.07, 6.45) is 7.72. The Hall–Kier alpha value is -2.12. The molecule has 2 fully saturated rings. The molecule has 2 aromatic rings. The van der Waals surface area contributed by atoms with Gasteiger partial charge in [-0.05, 0) is 48.8 Å². The van der Waals surface area contributed by atoms with Crippen LogP contribution in [-0.2, 0) is 14.8 Å². The van der Waals surface area contributed by atoms with Gasteiger partial charge in [-0.2, -0.15) is 0 Å². The van der Waals surface area contributed by atoms with Gasteiger partial charge in [-0.15, -0.1) is 0 Å². The average molecular weight is 403 g/mol. The molecule has 150 valence electrons. The summed E-state index contributed by atoms with van der Waals surface area (Å²) in [5.41, 5.74) is 3.37. The smallest absolute Gasteiger partial charge is 0.226 e. The highest BCUT2D eigenvalue weighted by molar-refractivity contribution is 7.88. The van der Waals surface area contributed by atoms with E-state index in [9.17, 15) is 13.2 Å². The van der Waals surface area contributed by atoms with Crippen molar-refractivity contribution >= 4 is 15.9 Å². The van der Waals surface area contributed by atoms with Crippen LogP contribution in [0.1, 0.15) is 37.2 Å². The fourth-order valence-corrected chi connectivity index (χ4v) is 5.13. The van der Waals surface area contributed by atoms with E-state index in [1.54, 1.807) is 12.5 Å². The number of benzene rings is 1. The zero-order chi connectivity index (χ0) is 19.7. The number of amides is 1. The molecule has 1 amide bonds. The van der Waals surface area contributed by atoms with Gasteiger partial charge in [0.05, 0.1) is 18.8 Å². The van der Waals surface area contributed by atoms with Crippen LogP contribution in [0.4, 0.5) is 0 Å². The molecule has 3 atom stereocenters. The van der Waals surface area contributed by atoms with E-state index in [0.717, 1.165) is 30.4 Å². The van der Waals surface area contributed by atoms with Crippen molar-refractivity contribution in [2.24, 2.45) is 5.92 Å². The average Bonchev–Trinajstić information content (AvgIpc) is 3.33. The Labute approximate surface area is 166 Å². The fourth-order valence-electron chi connectivity index (χ4n) is 4.28. The molecular weight excluding hydrogens is 376 g/mol. The minimum absolute atomic E-state index is 0.0208. The molecule has 1 aliphatic carbocycles. The van der Waals surface area contributed by atoms with Gasteiger partial charge in [-0.1, -0.05) is 24.3 Å². The van der Waals surface area contributed by atoms with Crippen LogP contribution in [0.3, 0.4) is 0 Å². The maximum absolute atomic E-state index is 13.1. The zero-order valence-electron chi connectivity index (χ0n) is 16.0. The van der Waals surface area contributed by atoms with E-state index in [4.69, 9.17) is 4.42 Å². The lowest BCUT2D eigenvalue weighted by Gasteiger charge is -2.21. The number of furan rings is 1. The molecule has 0 radical (unpaired) electrons. The van der Waals surface area contributed by atoms with E-state index in [-0.39, 0.29) is 23.8 Å². The van der Waals surface area contributed by atoms with Gasteiger partial charge in [-0.25, -0.2) is 13.1 Å². The largest absolute Gasteiger partial charge is 0.472 e. The summed E-state index contributed by atoms with van der Waals surface area (Å²) >= 11 is 0. The zero-order valence-corrected chi connectivity index (χ0v) is 16.8. The second-order valence-corrected chi connectivity index (χ2v) is 9.67. The molecule has 4 rings (SSSR count). The summed E-state index contributed by atoms with van der Waals surface area (Å²) < 4.78 is 30.9. The predicted octanol–water partition coefficient (Wildman–Crippen LogP) is 2.98. The van der Waals surface area contributed by atoms with Crippen LogP contribution in [-0.4, -0.2) is 44.6 Å². The first-order valence-electron chi connectivity index (χ1n) is 9.80. The first-order chi connectivity index (χ1) is 13.4. The van der Waals surface area contributed by atoms with Gasteiger partial charge < -0.3 is 9.32 Å². The van der Waals surface area contributed by atoms with Gasteiger partial charge in [0.2, 0.25) is 15.9 Å². The van der Waals surface area contributed by atoms with Crippen molar-refractivity contribution in [1.29, 1.82) is 0 Å². The molecule has 1 aliphatic heterocycles. The minimum atomic E-state index is -3.21. The Morgan fingerprint density at radius 2 is 2.00 bits per heavy atom. The Kier molecular flexibility index (Phi) is 5.29. The highest BCUT2D eigenvalue weighted by Crippen LogP contribution is 2.51. The molecule has 6 nitrogen and oxygen atoms in total. The molecule has 0 bridgehead atoms. The van der Waals surface area contributed by atoms with Gasteiger partial charge >= 0.3 is 0 Å². The lowest BCUT2D eigenvalue weighted by atomic mass is 9.97. The summed E-state index contributed by atoms with van der Waals surface area (Å²) in [5, 5.41) is 0. The first kappa shape index (κ1) is 19.2. The molecule has 0 unspecified atom stereocenters. The molecule has 1 N–H and O–H groups in total. The minimum Gasteiger partial charge on any atom is -0.472 e. The number of carbonyl (C=O) groups excluding carboxylic acids is 1. The lowest BCUT2D eigenvalue weighted by Crippen LogP contribution is -2.36. The van der Waals surface area contributed by atoms with Crippen molar-refractivity contribution in [3.63, 3.8) is 0 Å². The van der Waals surface area contributed by atoms with Gasteiger partial charge in [0, 0.05) is 30.6 Å². The summed E-state index contributed by atoms with van der Waals surface area (Å²) in [4.78, 5) is 15.0. The first-order valence-corrected chi connectivity index (χ1v) is 11.7. The van der Waals surface area contributed by atoms with Crippen LogP contribution in [0.15, 0.2) is 47.3 Å². The Morgan fingerprint density at radius 3 is 2.75 bits per heavy atom. The van der Waals surface area contributed by atoms with Gasteiger partial charge in [0.25, 0.3) is 0 Å². The number of rotatable bonds is 5. The summed E-state index contributed by atoms with van der Waals surface area (Å²) in [7, 11) is -3.21. The molecule has 1 aromatic carbocycles. The van der Waals surface area contributed by atoms with Crippen molar-refractivity contribution in [2.75, 3.05) is 19.3 Å². The van der Waals surface area contributed by atoms with E-state index < -0.39 is 10.0 Å². The summed E-state index contributed by atoms with van der Waals surface area (Å²) in [6, 6.07) is 10.1. The topological polar surface area (TPSA) is 79.6 Å². The molecule has 7 heteroatoms. The fraction of sp³-hybridized carbons (Fsp3) is 0.476. The van der Waals surface area contributed by atoms with Gasteiger partial charge in [0.15, 0.2) is 0 Å². The summed E-state index contributed by atoms with van der Waals surface area (Å²) in [6.45, 7) is 1.31. The third-order valence-electron chi connectivity index (χ3n) is 5.72. The molecular formula is C21H26N2O4S. The predicted molar refractivity (Wildman–Crippen MR) is 107 cm³/mol. The highest BCUT2D eigenvalue weighted by Gasteiger charge is 2.46. The maximum Gasteiger partial charge on any atom is 0.226 e. The Bertz CT molecular complexity index is 939. The third-order valence-corrected chi connectivity index (χ3v) is 6.48. The van der Waals surface area contributed by atoms with Gasteiger partial charge in [0.1, 0.15) is 0 Å². The number of nitrogens with one attached hydrogen (secondary N) is 1. The SMILES string of the molecule is CS(=O)(=O)N[C@H]1CCCN(C(=O)[C@@H]2C[C@H]2c2ccccc2-c2ccoc2)CC1. The second-order valence-electron chi connectivity index (χ2n) is 7.89. The Morgan fingerprint density at radius 1 is 1.18 bits per heavy atom. The monoisotopic (exact) mass is 402 g/mol. The Balaban J connectivity index is 1.42. The van der Waals surface area contributed by atoms with Gasteiger partial charge in [-0.3, -0.25) is 4.79 Å². The van der Waals surface area contributed by atoms with Crippen LogP contribution in [0.2, 0.25) is 0 Å². The van der Waals surface area contributed by atoms with Crippen LogP contribution in [0.5, 0.6) is 0 Å². The highest BCUT2D eigenvalue weighted by atomic mass is 32.2. The normalized spacial score (nSPS) is 25.3. The number of nitrogens with zero attached hydrogens (tertiary/aromatic N) is 1. The second kappa shape index (κ2) is 7.72. The van der Waals surface area contributed by atoms with E-state index >= 15 is 0 Å². The van der Waals surface area contributed by atoms with Crippen molar-refractivity contribution in [3.8, 4) is 11.1 Å². The van der Waals surface area contributed by atoms with Crippen molar-refractivity contribution in [3.05, 3.63) is 48.4 Å². The molecule has 1 aromatic heterocycles. The number of hydrogen-bond acceptors (Lipinski definition) is 4. The lowest BCUT2D eigenvalue weighted by molar-refractivity contribution is -0.132. The molecule has 28 heavy (non-hydrogen) atoms. The van der Waals surface area contributed by atoms with Crippen LogP contribution >= 0.6 is 0 Å². The molecule has 2 aliphatic rings. The van der Waals surface area contributed by atoms with Crippen LogP contribution in [0.25, 0.3) is 11.1 Å². The van der Waals surface area contributed by atoms with Crippen LogP contribution in [0, 0.1) is 5.92 Å². The van der Waals surface area contributed by atoms with Crippen molar-refractivity contribution < 1.29 is 17.6 Å². The van der Waals surface area contributed by atoms with E-state index in [1.807, 2.05) is 23.1 Å². The quantitative estimate of drug-likeness (QED) is 0.834. The van der Waals surface area contributed by atoms with E-state index in [2.05, 4.69) is 16.9 Å². The number of hydrogen-bond donors (Lipinski definition) is 1. The third kappa shape index (κ3) is 4.31. The van der Waals surface area contributed by atoms with E-state index in [1.165, 1.54) is 11.8 Å². The molecule has 1 saturated carbocycles. The standard InChI is InChI=1S/C21H26N2O4S/c1-28(25,26)22-16-5-4-10-23(11-8-16)21(24)20-13-19(20)18-7-3-2-6-17(18)15-9-12-27-14-15/h2-3,6-7,9,12,14,16,19-20,22H,4-5,8,10-11,13H2,1H3/t16-,19-,20+/m0/s1. The van der Waals surface area contributed by atoms with Crippen molar-refractivity contribution in [2.45, 2.75) is 37.6 Å². The number of carbonyl (C=O) groups is 1. The number of likely N-dealkylation sites (tertiary alicyclic amines) is 1. The van der Waals surface area contributed by atoms with Crippen molar-refractivity contribution in [1.82, 2.24) is 9.62 Å². The molecule has 0 spiro atoms. The van der Waals surface area contributed by atoms with Crippen LogP contribution < -0.4 is 4.72 Å². The maximum atomic E-state index is 13.1. The van der Waals surface area contributed by atoms with E-state index in [0.29, 0.717) is 19.5 Å². The molecule has 1 saturated heterocycles. The molecule has 2 heterocycles.